The fourth-order valence-corrected chi connectivity index (χ4v) is 2.82. The molecule has 0 amide bonds. The molecular weight excluding hydrogens is 356 g/mol. The predicted molar refractivity (Wildman–Crippen MR) is 86.9 cm³/mol. The molecule has 0 aliphatic carbocycles. The van der Waals surface area contributed by atoms with E-state index in [0.717, 1.165) is 28.8 Å². The van der Waals surface area contributed by atoms with Crippen LogP contribution in [0.1, 0.15) is 17.3 Å². The van der Waals surface area contributed by atoms with Crippen LogP contribution in [0.2, 0.25) is 5.02 Å². The van der Waals surface area contributed by atoms with Gasteiger partial charge in [0.15, 0.2) is 0 Å². The number of hydrazine groups is 1. The highest BCUT2D eigenvalue weighted by molar-refractivity contribution is 9.10. The SMILES string of the molecule is CN(C)CCn1ncc(Br)c1C(NN)c1ccncc1Cl. The highest BCUT2D eigenvalue weighted by atomic mass is 79.9. The molecule has 0 bridgehead atoms. The van der Waals surface area contributed by atoms with Crippen molar-refractivity contribution in [3.8, 4) is 0 Å². The number of nitrogens with two attached hydrogens (primary N) is 1. The van der Waals surface area contributed by atoms with Crippen molar-refractivity contribution >= 4 is 27.5 Å². The third-order valence-electron chi connectivity index (χ3n) is 3.15. The Morgan fingerprint density at radius 2 is 2.24 bits per heavy atom. The van der Waals surface area contributed by atoms with Gasteiger partial charge in [-0.25, -0.2) is 5.43 Å². The van der Waals surface area contributed by atoms with Crippen molar-refractivity contribution in [2.75, 3.05) is 20.6 Å². The minimum atomic E-state index is -0.264. The molecule has 0 fully saturated rings. The molecule has 1 unspecified atom stereocenters. The molecule has 2 aromatic rings. The van der Waals surface area contributed by atoms with E-state index >= 15 is 0 Å². The first-order chi connectivity index (χ1) is 10.0. The van der Waals surface area contributed by atoms with E-state index in [-0.39, 0.29) is 6.04 Å². The summed E-state index contributed by atoms with van der Waals surface area (Å²) in [5.74, 6) is 5.76. The summed E-state index contributed by atoms with van der Waals surface area (Å²) >= 11 is 9.77. The maximum atomic E-state index is 6.24. The van der Waals surface area contributed by atoms with Gasteiger partial charge in [-0.3, -0.25) is 15.5 Å². The Balaban J connectivity index is 2.38. The third kappa shape index (κ3) is 3.81. The van der Waals surface area contributed by atoms with Crippen molar-refractivity contribution in [1.82, 2.24) is 25.1 Å². The van der Waals surface area contributed by atoms with Gasteiger partial charge in [-0.1, -0.05) is 11.6 Å². The molecule has 1 atom stereocenters. The number of nitrogens with zero attached hydrogens (tertiary/aromatic N) is 4. The van der Waals surface area contributed by atoms with Gasteiger partial charge in [-0.15, -0.1) is 0 Å². The topological polar surface area (TPSA) is 72.0 Å². The molecule has 114 valence electrons. The molecule has 0 saturated heterocycles. The molecular formula is C13H18BrClN6. The van der Waals surface area contributed by atoms with Crippen molar-refractivity contribution in [3.63, 3.8) is 0 Å². The molecule has 3 N–H and O–H groups in total. The second-order valence-corrected chi connectivity index (χ2v) is 6.16. The van der Waals surface area contributed by atoms with Crippen LogP contribution in [0.15, 0.2) is 29.1 Å². The van der Waals surface area contributed by atoms with Gasteiger partial charge >= 0.3 is 0 Å². The van der Waals surface area contributed by atoms with Crippen molar-refractivity contribution in [2.24, 2.45) is 5.84 Å². The lowest BCUT2D eigenvalue weighted by molar-refractivity contribution is 0.365. The fourth-order valence-electron chi connectivity index (χ4n) is 2.07. The smallest absolute Gasteiger partial charge is 0.0905 e. The van der Waals surface area contributed by atoms with Gasteiger partial charge in [0.1, 0.15) is 0 Å². The molecule has 2 aromatic heterocycles. The first-order valence-corrected chi connectivity index (χ1v) is 7.63. The number of aromatic nitrogens is 3. The number of hydrogen-bond acceptors (Lipinski definition) is 5. The Labute approximate surface area is 137 Å². The van der Waals surface area contributed by atoms with Crippen molar-refractivity contribution in [1.29, 1.82) is 0 Å². The van der Waals surface area contributed by atoms with E-state index in [9.17, 15) is 0 Å². The number of rotatable bonds is 6. The summed E-state index contributed by atoms with van der Waals surface area (Å²) in [6.45, 7) is 1.64. The number of halogens is 2. The fraction of sp³-hybridized carbons (Fsp3) is 0.385. The maximum Gasteiger partial charge on any atom is 0.0905 e. The summed E-state index contributed by atoms with van der Waals surface area (Å²) in [7, 11) is 4.05. The predicted octanol–water partition coefficient (Wildman–Crippen LogP) is 1.81. The van der Waals surface area contributed by atoms with Gasteiger partial charge in [0.25, 0.3) is 0 Å². The lowest BCUT2D eigenvalue weighted by atomic mass is 10.1. The Morgan fingerprint density at radius 1 is 1.48 bits per heavy atom. The largest absolute Gasteiger partial charge is 0.308 e. The van der Waals surface area contributed by atoms with Crippen LogP contribution in [0, 0.1) is 0 Å². The Morgan fingerprint density at radius 3 is 2.86 bits per heavy atom. The lowest BCUT2D eigenvalue weighted by Gasteiger charge is -2.20. The van der Waals surface area contributed by atoms with Crippen molar-refractivity contribution in [2.45, 2.75) is 12.6 Å². The number of likely N-dealkylation sites (N-methyl/N-ethyl adjacent to an activating group) is 1. The molecule has 0 aliphatic heterocycles. The zero-order valence-electron chi connectivity index (χ0n) is 11.9. The zero-order chi connectivity index (χ0) is 15.4. The first kappa shape index (κ1) is 16.4. The van der Waals surface area contributed by atoms with Gasteiger partial charge < -0.3 is 4.90 Å². The summed E-state index contributed by atoms with van der Waals surface area (Å²) in [5.41, 5.74) is 4.61. The first-order valence-electron chi connectivity index (χ1n) is 6.46. The highest BCUT2D eigenvalue weighted by Gasteiger charge is 2.23. The molecule has 0 saturated carbocycles. The molecule has 2 rings (SSSR count). The lowest BCUT2D eigenvalue weighted by Crippen LogP contribution is -2.32. The summed E-state index contributed by atoms with van der Waals surface area (Å²) in [5, 5.41) is 4.96. The van der Waals surface area contributed by atoms with Gasteiger partial charge in [0.05, 0.1) is 34.0 Å². The average molecular weight is 374 g/mol. The van der Waals surface area contributed by atoms with E-state index in [1.807, 2.05) is 24.8 Å². The molecule has 0 spiro atoms. The van der Waals surface area contributed by atoms with E-state index in [1.165, 1.54) is 0 Å². The normalized spacial score (nSPS) is 12.9. The van der Waals surface area contributed by atoms with E-state index in [0.29, 0.717) is 5.02 Å². The molecule has 0 radical (unpaired) electrons. The Bertz CT molecular complexity index is 600. The van der Waals surface area contributed by atoms with Crippen LogP contribution in [-0.4, -0.2) is 40.3 Å². The highest BCUT2D eigenvalue weighted by Crippen LogP contribution is 2.31. The monoisotopic (exact) mass is 372 g/mol. The summed E-state index contributed by atoms with van der Waals surface area (Å²) in [6.07, 6.45) is 5.07. The number of nitrogens with one attached hydrogen (secondary N) is 1. The van der Waals surface area contributed by atoms with E-state index in [2.05, 4.69) is 36.3 Å². The van der Waals surface area contributed by atoms with Gasteiger partial charge in [-0.2, -0.15) is 5.10 Å². The van der Waals surface area contributed by atoms with E-state index < -0.39 is 0 Å². The average Bonchev–Trinajstić information content (AvgIpc) is 2.81. The Hall–Kier alpha value is -0.990. The van der Waals surface area contributed by atoms with Gasteiger partial charge in [-0.05, 0) is 41.7 Å². The van der Waals surface area contributed by atoms with Crippen LogP contribution in [0.5, 0.6) is 0 Å². The molecule has 2 heterocycles. The molecule has 0 aromatic carbocycles. The van der Waals surface area contributed by atoms with Crippen LogP contribution in [0.25, 0.3) is 0 Å². The van der Waals surface area contributed by atoms with Gasteiger partial charge in [0, 0.05) is 18.9 Å². The van der Waals surface area contributed by atoms with Crippen LogP contribution in [-0.2, 0) is 6.54 Å². The van der Waals surface area contributed by atoms with Crippen molar-refractivity contribution < 1.29 is 0 Å². The molecule has 8 heteroatoms. The van der Waals surface area contributed by atoms with Gasteiger partial charge in [0.2, 0.25) is 0 Å². The maximum absolute atomic E-state index is 6.24. The second-order valence-electron chi connectivity index (χ2n) is 4.90. The molecule has 0 aliphatic rings. The van der Waals surface area contributed by atoms with E-state index in [4.69, 9.17) is 17.4 Å². The quantitative estimate of drug-likeness (QED) is 0.597. The number of hydrogen-bond donors (Lipinski definition) is 2. The summed E-state index contributed by atoms with van der Waals surface area (Å²) in [6, 6.07) is 1.59. The van der Waals surface area contributed by atoms with Crippen LogP contribution < -0.4 is 11.3 Å². The van der Waals surface area contributed by atoms with Crippen LogP contribution >= 0.6 is 27.5 Å². The Kier molecular flexibility index (Phi) is 5.72. The molecule has 6 nitrogen and oxygen atoms in total. The van der Waals surface area contributed by atoms with Crippen molar-refractivity contribution in [3.05, 3.63) is 45.4 Å². The standard InChI is InChI=1S/C13H18BrClN6/c1-20(2)5-6-21-13(10(14)7-18-21)12(19-16)9-3-4-17-8-11(9)15/h3-4,7-8,12,19H,5-6,16H2,1-2H3. The number of pyridine rings is 1. The molecule has 21 heavy (non-hydrogen) atoms. The van der Waals surface area contributed by atoms with Crippen LogP contribution in [0.3, 0.4) is 0 Å². The summed E-state index contributed by atoms with van der Waals surface area (Å²) < 4.78 is 2.81. The van der Waals surface area contributed by atoms with Crippen LogP contribution in [0.4, 0.5) is 0 Å². The second kappa shape index (κ2) is 7.33. The minimum absolute atomic E-state index is 0.264. The minimum Gasteiger partial charge on any atom is -0.308 e. The third-order valence-corrected chi connectivity index (χ3v) is 4.07. The zero-order valence-corrected chi connectivity index (χ0v) is 14.3. The van der Waals surface area contributed by atoms with E-state index in [1.54, 1.807) is 18.6 Å². The summed E-state index contributed by atoms with van der Waals surface area (Å²) in [4.78, 5) is 6.11.